The third-order valence-electron chi connectivity index (χ3n) is 4.40. The number of carbonyl (C=O) groups is 1. The van der Waals surface area contributed by atoms with Gasteiger partial charge in [0.15, 0.2) is 5.84 Å². The number of aliphatic hydroxyl groups excluding tert-OH is 1. The fraction of sp³-hybridized carbons (Fsp3) is 0.846. The van der Waals surface area contributed by atoms with Crippen LogP contribution >= 0.6 is 0 Å². The summed E-state index contributed by atoms with van der Waals surface area (Å²) >= 11 is 0. The number of oxime groups is 1. The van der Waals surface area contributed by atoms with Crippen LogP contribution in [-0.4, -0.2) is 46.1 Å². The predicted octanol–water partition coefficient (Wildman–Crippen LogP) is 0.667. The number of nitrogens with two attached hydrogens (primary N) is 1. The smallest absolute Gasteiger partial charge is 0.236 e. The molecule has 0 aromatic heterocycles. The van der Waals surface area contributed by atoms with Gasteiger partial charge >= 0.3 is 0 Å². The summed E-state index contributed by atoms with van der Waals surface area (Å²) in [5, 5.41) is 21.8. The number of β-amino-alcohol motifs (C(OH)–C–C–N with tert-alkyl or cyclic N) is 1. The van der Waals surface area contributed by atoms with E-state index in [0.717, 1.165) is 32.1 Å². The highest BCUT2D eigenvalue weighted by molar-refractivity contribution is 6.06. The quantitative estimate of drug-likeness (QED) is 0.297. The second kappa shape index (κ2) is 5.77. The maximum atomic E-state index is 12.8. The highest BCUT2D eigenvalue weighted by Crippen LogP contribution is 2.38. The first-order valence-electron chi connectivity index (χ1n) is 7.05. The summed E-state index contributed by atoms with van der Waals surface area (Å²) in [6.07, 6.45) is 5.26. The highest BCUT2D eigenvalue weighted by atomic mass is 16.4. The van der Waals surface area contributed by atoms with E-state index in [4.69, 9.17) is 10.9 Å². The van der Waals surface area contributed by atoms with Gasteiger partial charge < -0.3 is 20.9 Å². The Balaban J connectivity index is 2.20. The van der Waals surface area contributed by atoms with E-state index in [2.05, 4.69) is 5.16 Å². The molecule has 108 valence electrons. The first-order chi connectivity index (χ1) is 9.10. The van der Waals surface area contributed by atoms with Crippen molar-refractivity contribution in [2.24, 2.45) is 16.3 Å². The number of likely N-dealkylation sites (tertiary alicyclic amines) is 1. The van der Waals surface area contributed by atoms with Gasteiger partial charge in [0.05, 0.1) is 6.10 Å². The first kappa shape index (κ1) is 14.1. The van der Waals surface area contributed by atoms with Crippen molar-refractivity contribution in [3.8, 4) is 0 Å². The number of hydrogen-bond acceptors (Lipinski definition) is 4. The van der Waals surface area contributed by atoms with Crippen LogP contribution < -0.4 is 5.73 Å². The lowest BCUT2D eigenvalue weighted by atomic mass is 9.71. The molecule has 1 saturated heterocycles. The Hall–Kier alpha value is -1.30. The Morgan fingerprint density at radius 3 is 2.53 bits per heavy atom. The van der Waals surface area contributed by atoms with Gasteiger partial charge in [0.25, 0.3) is 0 Å². The van der Waals surface area contributed by atoms with Crippen LogP contribution in [0.5, 0.6) is 0 Å². The molecule has 0 spiro atoms. The molecule has 1 heterocycles. The van der Waals surface area contributed by atoms with E-state index < -0.39 is 11.5 Å². The molecule has 1 atom stereocenters. The van der Waals surface area contributed by atoms with Crippen LogP contribution in [0, 0.1) is 5.41 Å². The minimum Gasteiger partial charge on any atom is -0.409 e. The fourth-order valence-corrected chi connectivity index (χ4v) is 3.27. The number of aliphatic hydroxyl groups is 1. The maximum Gasteiger partial charge on any atom is 0.236 e. The summed E-state index contributed by atoms with van der Waals surface area (Å²) in [6, 6.07) is 0. The third-order valence-corrected chi connectivity index (χ3v) is 4.40. The van der Waals surface area contributed by atoms with Gasteiger partial charge in [-0.05, 0) is 25.7 Å². The zero-order valence-corrected chi connectivity index (χ0v) is 11.2. The van der Waals surface area contributed by atoms with Crippen molar-refractivity contribution in [1.29, 1.82) is 0 Å². The summed E-state index contributed by atoms with van der Waals surface area (Å²) in [5.41, 5.74) is 4.96. The average Bonchev–Trinajstić information content (AvgIpc) is 2.46. The molecule has 0 radical (unpaired) electrons. The first-order valence-corrected chi connectivity index (χ1v) is 7.05. The van der Waals surface area contributed by atoms with Crippen LogP contribution in [0.2, 0.25) is 0 Å². The van der Waals surface area contributed by atoms with Crippen LogP contribution in [0.3, 0.4) is 0 Å². The molecule has 0 aromatic carbocycles. The van der Waals surface area contributed by atoms with E-state index in [1.165, 1.54) is 0 Å². The number of hydrogen-bond donors (Lipinski definition) is 3. The zero-order chi connectivity index (χ0) is 13.9. The average molecular weight is 269 g/mol. The second-order valence-electron chi connectivity index (χ2n) is 5.68. The lowest BCUT2D eigenvalue weighted by molar-refractivity contribution is -0.143. The highest BCUT2D eigenvalue weighted by Gasteiger charge is 2.46. The molecule has 1 aliphatic carbocycles. The number of piperidine rings is 1. The van der Waals surface area contributed by atoms with Crippen molar-refractivity contribution < 1.29 is 15.1 Å². The molecule has 1 amide bonds. The standard InChI is InChI=1S/C13H23N3O3/c14-11(15-19)13(6-2-1-3-7-13)12(18)16-8-4-5-10(17)9-16/h10,17,19H,1-9H2,(H2,14,15). The second-order valence-corrected chi connectivity index (χ2v) is 5.68. The molecule has 2 fully saturated rings. The minimum absolute atomic E-state index is 0.0252. The SMILES string of the molecule is NC(=NO)C1(C(=O)N2CCCC(O)C2)CCCCC1. The van der Waals surface area contributed by atoms with Gasteiger partial charge in [-0.15, -0.1) is 0 Å². The van der Waals surface area contributed by atoms with Crippen LogP contribution in [-0.2, 0) is 4.79 Å². The molecule has 0 aromatic rings. The third kappa shape index (κ3) is 2.68. The van der Waals surface area contributed by atoms with E-state index >= 15 is 0 Å². The lowest BCUT2D eigenvalue weighted by Gasteiger charge is -2.40. The molecule has 1 aliphatic heterocycles. The minimum atomic E-state index is -0.857. The Morgan fingerprint density at radius 1 is 1.26 bits per heavy atom. The van der Waals surface area contributed by atoms with Crippen LogP contribution in [0.4, 0.5) is 0 Å². The van der Waals surface area contributed by atoms with Gasteiger partial charge in [0, 0.05) is 13.1 Å². The largest absolute Gasteiger partial charge is 0.409 e. The molecule has 2 rings (SSSR count). The van der Waals surface area contributed by atoms with E-state index in [1.807, 2.05) is 0 Å². The number of rotatable bonds is 2. The molecular formula is C13H23N3O3. The van der Waals surface area contributed by atoms with Crippen LogP contribution in [0.15, 0.2) is 5.16 Å². The summed E-state index contributed by atoms with van der Waals surface area (Å²) < 4.78 is 0. The number of carbonyl (C=O) groups excluding carboxylic acids is 1. The number of amides is 1. The number of amidine groups is 1. The molecular weight excluding hydrogens is 246 g/mol. The van der Waals surface area contributed by atoms with Crippen molar-refractivity contribution in [3.05, 3.63) is 0 Å². The maximum absolute atomic E-state index is 12.8. The van der Waals surface area contributed by atoms with E-state index in [0.29, 0.717) is 25.9 Å². The van der Waals surface area contributed by atoms with Crippen LogP contribution in [0.1, 0.15) is 44.9 Å². The lowest BCUT2D eigenvalue weighted by Crippen LogP contribution is -2.55. The van der Waals surface area contributed by atoms with Gasteiger partial charge in [0.1, 0.15) is 5.41 Å². The van der Waals surface area contributed by atoms with Crippen molar-refractivity contribution in [3.63, 3.8) is 0 Å². The Labute approximate surface area is 113 Å². The molecule has 6 heteroatoms. The molecule has 2 aliphatic rings. The van der Waals surface area contributed by atoms with E-state index in [9.17, 15) is 9.90 Å². The van der Waals surface area contributed by atoms with Gasteiger partial charge in [-0.2, -0.15) is 0 Å². The summed E-state index contributed by atoms with van der Waals surface area (Å²) in [6.45, 7) is 1.01. The molecule has 1 unspecified atom stereocenters. The van der Waals surface area contributed by atoms with Crippen molar-refractivity contribution in [2.75, 3.05) is 13.1 Å². The zero-order valence-electron chi connectivity index (χ0n) is 11.2. The van der Waals surface area contributed by atoms with Gasteiger partial charge in [-0.1, -0.05) is 24.4 Å². The predicted molar refractivity (Wildman–Crippen MR) is 70.7 cm³/mol. The summed E-state index contributed by atoms with van der Waals surface area (Å²) in [5.74, 6) is -0.0569. The fourth-order valence-electron chi connectivity index (χ4n) is 3.27. The van der Waals surface area contributed by atoms with E-state index in [-0.39, 0.29) is 11.7 Å². The van der Waals surface area contributed by atoms with Crippen molar-refractivity contribution in [1.82, 2.24) is 4.90 Å². The Kier molecular flexibility index (Phi) is 4.29. The van der Waals surface area contributed by atoms with Crippen molar-refractivity contribution in [2.45, 2.75) is 51.0 Å². The normalized spacial score (nSPS) is 28.2. The Morgan fingerprint density at radius 2 is 1.95 bits per heavy atom. The van der Waals surface area contributed by atoms with Crippen molar-refractivity contribution >= 4 is 11.7 Å². The van der Waals surface area contributed by atoms with E-state index in [1.54, 1.807) is 4.90 Å². The molecule has 4 N–H and O–H groups in total. The summed E-state index contributed by atoms with van der Waals surface area (Å²) in [4.78, 5) is 14.4. The molecule has 0 bridgehead atoms. The number of nitrogens with zero attached hydrogens (tertiary/aromatic N) is 2. The van der Waals surface area contributed by atoms with Crippen LogP contribution in [0.25, 0.3) is 0 Å². The molecule has 6 nitrogen and oxygen atoms in total. The molecule has 19 heavy (non-hydrogen) atoms. The summed E-state index contributed by atoms with van der Waals surface area (Å²) in [7, 11) is 0. The van der Waals surface area contributed by atoms with Gasteiger partial charge in [0.2, 0.25) is 5.91 Å². The topological polar surface area (TPSA) is 99.2 Å². The van der Waals surface area contributed by atoms with Gasteiger partial charge in [-0.25, -0.2) is 0 Å². The molecule has 1 saturated carbocycles. The van der Waals surface area contributed by atoms with Gasteiger partial charge in [-0.3, -0.25) is 4.79 Å². The monoisotopic (exact) mass is 269 g/mol. The Bertz CT molecular complexity index is 364.